The molecule has 6 aromatic carbocycles. The summed E-state index contributed by atoms with van der Waals surface area (Å²) in [7, 11) is -3.36. The molecule has 0 aromatic heterocycles. The van der Waals surface area contributed by atoms with Gasteiger partial charge in [-0.2, -0.15) is 49.3 Å². The fourth-order valence-corrected chi connectivity index (χ4v) is 6.21. The van der Waals surface area contributed by atoms with E-state index in [-0.39, 0.29) is 150 Å². The third-order valence-corrected chi connectivity index (χ3v) is 10.5. The van der Waals surface area contributed by atoms with Gasteiger partial charge in [-0.15, -0.1) is 0 Å². The number of phenols is 2. The normalized spacial score (nSPS) is 10.4. The number of hydrogen-bond donors (Lipinski definition) is 2. The van der Waals surface area contributed by atoms with Crippen LogP contribution in [-0.2, 0) is 52.6 Å². The maximum Gasteiger partial charge on any atom is 1.00 e. The summed E-state index contributed by atoms with van der Waals surface area (Å²) in [5.74, 6) is 0.541. The third kappa shape index (κ3) is 41.3. The Hall–Kier alpha value is -6.84. The summed E-state index contributed by atoms with van der Waals surface area (Å²) in [6, 6.07) is 42.0. The van der Waals surface area contributed by atoms with E-state index in [1.807, 2.05) is 72.8 Å². The van der Waals surface area contributed by atoms with Gasteiger partial charge in [-0.1, -0.05) is 34.6 Å². The first-order valence-corrected chi connectivity index (χ1v) is 27.3. The molecule has 0 unspecified atom stereocenters. The predicted octanol–water partition coefficient (Wildman–Crippen LogP) is 9.01. The van der Waals surface area contributed by atoms with E-state index in [1.165, 1.54) is 0 Å². The van der Waals surface area contributed by atoms with Gasteiger partial charge in [0, 0.05) is 24.2 Å². The van der Waals surface area contributed by atoms with Gasteiger partial charge in [0.1, 0.15) is 23.0 Å². The molecule has 6 aromatic rings. The largest absolute Gasteiger partial charge is 1.00 e. The zero-order valence-corrected chi connectivity index (χ0v) is 54.9. The van der Waals surface area contributed by atoms with Crippen molar-refractivity contribution in [1.82, 2.24) is 0 Å². The molecule has 0 aliphatic carbocycles. The number of ether oxygens (including phenoxy) is 5. The summed E-state index contributed by atoms with van der Waals surface area (Å²) in [5, 5.41) is 60.3. The van der Waals surface area contributed by atoms with Crippen LogP contribution in [0, 0.1) is 0 Å². The molecule has 0 aliphatic rings. The Morgan fingerprint density at radius 1 is 0.455 bits per heavy atom. The second-order valence-corrected chi connectivity index (χ2v) is 18.1. The van der Waals surface area contributed by atoms with Crippen LogP contribution in [-0.4, -0.2) is 88.9 Å². The number of hydrogen-bond acceptors (Lipinski definition) is 24. The van der Waals surface area contributed by atoms with Gasteiger partial charge in [0.2, 0.25) is 0 Å². The predicted molar refractivity (Wildman–Crippen MR) is 328 cm³/mol. The Balaban J connectivity index is -0.000000428. The number of benzene rings is 6. The van der Waals surface area contributed by atoms with Crippen molar-refractivity contribution >= 4 is 80.0 Å². The molecule has 0 amide bonds. The number of carbonyl (C=O) groups is 4. The first-order valence-electron chi connectivity index (χ1n) is 27.5. The second kappa shape index (κ2) is 51.1. The van der Waals surface area contributed by atoms with Crippen molar-refractivity contribution in [1.29, 1.82) is 0 Å². The smallest absolute Gasteiger partial charge is 1.00 e. The molecule has 6 rings (SSSR count). The molecule has 0 aliphatic heterocycles. The number of unbranched alkanes of at least 4 members (excludes halogenated alkanes) is 3. The van der Waals surface area contributed by atoms with E-state index in [0.717, 1.165) is 61.7 Å². The van der Waals surface area contributed by atoms with Crippen LogP contribution < -0.4 is 118 Å². The molecule has 88 heavy (non-hydrogen) atoms. The van der Waals surface area contributed by atoms with Crippen LogP contribution in [0.2, 0.25) is 0 Å². The number of rotatable bonds is 30. The van der Waals surface area contributed by atoms with Crippen molar-refractivity contribution in [2.75, 3.05) is 45.9 Å². The van der Waals surface area contributed by atoms with Crippen molar-refractivity contribution in [3.8, 4) is 23.0 Å². The second-order valence-electron chi connectivity index (χ2n) is 16.5. The van der Waals surface area contributed by atoms with E-state index in [4.69, 9.17) is 34.9 Å². The Kier molecular flexibility index (Phi) is 46.0. The molecule has 27 heteroatoms. The zero-order chi connectivity index (χ0) is 65.1. The molecular weight excluding hydrogens is 1210 g/mol. The molecule has 0 bridgehead atoms. The molecule has 0 saturated heterocycles. The molecule has 0 radical (unpaired) electrons. The fourth-order valence-electron chi connectivity index (χ4n) is 5.79. The average Bonchev–Trinajstić information content (AvgIpc) is 2.11. The van der Waals surface area contributed by atoms with E-state index in [1.54, 1.807) is 72.8 Å². The Bertz CT molecular complexity index is 3030. The van der Waals surface area contributed by atoms with Crippen LogP contribution in [0.15, 0.2) is 224 Å². The van der Waals surface area contributed by atoms with E-state index in [9.17, 15) is 33.0 Å². The monoisotopic (exact) mass is 1290 g/mol. The molecule has 0 fully saturated rings. The molecule has 24 nitrogen and oxygen atoms in total. The first-order chi connectivity index (χ1) is 42.6. The van der Waals surface area contributed by atoms with Crippen LogP contribution in [0.25, 0.3) is 0 Å². The summed E-state index contributed by atoms with van der Waals surface area (Å²) < 4.78 is 71.4. The van der Waals surface area contributed by atoms with Crippen molar-refractivity contribution in [2.45, 2.75) is 53.4 Å². The summed E-state index contributed by atoms with van der Waals surface area (Å²) in [4.78, 5) is 43.8. The SMILES string of the molecule is C.C.C=CC(=O)OCCCCOS(C)(=O)=O.C=CC(=O)OCCCCOc1ccc(N=Nc2ccc(N=Nc3ccc(OCCCCOC(=O)C=C)cc3)cc2)cc1.O=CO[O-].Oc1ccc(N=Nc2ccc(N=Nc3ccc(O)cc3)cc2)cc1.[2H][2H].[2H][2H].[H-].[K+].[K+]. The molecule has 0 heterocycles. The molecular formula is C61H76K2N8O16S. The Morgan fingerprint density at radius 3 is 0.875 bits per heavy atom. The van der Waals surface area contributed by atoms with Gasteiger partial charge in [-0.3, -0.25) is 8.98 Å². The van der Waals surface area contributed by atoms with Crippen LogP contribution in [0.4, 0.5) is 45.5 Å². The van der Waals surface area contributed by atoms with E-state index in [2.05, 4.69) is 74.5 Å². The summed E-state index contributed by atoms with van der Waals surface area (Å²) >= 11 is 0. The van der Waals surface area contributed by atoms with Crippen molar-refractivity contribution in [2.24, 2.45) is 40.9 Å². The standard InChI is InChI=1S/C32H34N4O6.C18H14N4O2.C8H14O5S.CH2O3.2CH4.2K.2H2.H/c1-3-31(37)41-23-7-5-21-39-29-17-13-27(14-18-29)35-33-25-9-11-26(12-10-25)34-36-28-15-19-30(20-16-28)40-22-6-8-24-42-32(38)4-2;23-17-9-5-15(6-10-17)21-19-13-1-2-14(4-3-13)20-22-16-7-11-18(24)12-8-16;1-3-8(9)12-6-4-5-7-13-14(2,10)11;2-1-4-3;;;;;;;/h3-4,9-20H,1-2,5-8,21-24H2;1-12,23-24H;3H,1,4-7H2,2H3;1,3H;2*1H4;;;2*1H;/q;;;;;;2*+1;;;-1/p-1/i;;;;;;;;2*1+1D;. The van der Waals surface area contributed by atoms with Crippen LogP contribution in [0.1, 0.15) is 60.7 Å². The van der Waals surface area contributed by atoms with Crippen LogP contribution in [0.3, 0.4) is 0 Å². The average molecular weight is 1290 g/mol. The van der Waals surface area contributed by atoms with Gasteiger partial charge in [-0.05, 0) is 184 Å². The van der Waals surface area contributed by atoms with Gasteiger partial charge in [-0.25, -0.2) is 14.4 Å². The number of azo groups is 4. The quantitative estimate of drug-likeness (QED) is 0.00406. The maximum absolute atomic E-state index is 11.0. The minimum atomic E-state index is -3.36. The van der Waals surface area contributed by atoms with Gasteiger partial charge in [0.25, 0.3) is 16.6 Å². The number of phenolic OH excluding ortho intramolecular Hbond substituents is 2. The van der Waals surface area contributed by atoms with Crippen molar-refractivity contribution in [3.63, 3.8) is 0 Å². The number of esters is 3. The van der Waals surface area contributed by atoms with Crippen LogP contribution >= 0.6 is 0 Å². The Labute approximate surface area is 606 Å². The molecule has 0 atom stereocenters. The third-order valence-electron chi connectivity index (χ3n) is 9.92. The zero-order valence-electron chi connectivity index (χ0n) is 52.9. The molecule has 464 valence electrons. The van der Waals surface area contributed by atoms with Crippen LogP contribution in [0.5, 0.6) is 23.0 Å². The minimum Gasteiger partial charge on any atom is -1.00 e. The minimum absolute atomic E-state index is 0. The maximum atomic E-state index is 11.0. The number of carbonyl (C=O) groups excluding carboxylic acids is 4. The molecule has 0 saturated carbocycles. The van der Waals surface area contributed by atoms with Gasteiger partial charge >= 0.3 is 121 Å². The summed E-state index contributed by atoms with van der Waals surface area (Å²) in [6.45, 7) is 11.9. The topological polar surface area (TPSA) is 329 Å². The summed E-state index contributed by atoms with van der Waals surface area (Å²) in [6.07, 6.45) is 8.43. The number of aromatic hydroxyl groups is 2. The van der Waals surface area contributed by atoms with Crippen molar-refractivity contribution < 1.29 is 186 Å². The van der Waals surface area contributed by atoms with Crippen molar-refractivity contribution in [3.05, 3.63) is 184 Å². The van der Waals surface area contributed by atoms with Gasteiger partial charge in [0.15, 0.2) is 0 Å². The fraction of sp³-hybridized carbons (Fsp3) is 0.246. The van der Waals surface area contributed by atoms with E-state index < -0.39 is 28.0 Å². The van der Waals surface area contributed by atoms with Gasteiger partial charge < -0.3 is 45.5 Å². The summed E-state index contributed by atoms with van der Waals surface area (Å²) in [5.41, 5.74) is 5.46. The Morgan fingerprint density at radius 2 is 0.659 bits per heavy atom. The molecule has 2 N–H and O–H groups in total. The van der Waals surface area contributed by atoms with Gasteiger partial charge in [0.05, 0.1) is 91.4 Å². The number of nitrogens with zero attached hydrogens (tertiary/aromatic N) is 8. The van der Waals surface area contributed by atoms with E-state index >= 15 is 0 Å². The van der Waals surface area contributed by atoms with E-state index in [0.29, 0.717) is 84.8 Å². The first kappa shape index (κ1) is 79.2. The molecule has 0 spiro atoms.